The van der Waals surface area contributed by atoms with Crippen LogP contribution in [0.5, 0.6) is 11.5 Å². The van der Waals surface area contributed by atoms with Crippen molar-refractivity contribution in [3.63, 3.8) is 0 Å². The molecule has 0 radical (unpaired) electrons. The molecular formula is C15H19N3O3. The molecule has 1 saturated carbocycles. The van der Waals surface area contributed by atoms with E-state index in [2.05, 4.69) is 0 Å². The topological polar surface area (TPSA) is 111 Å². The zero-order valence-corrected chi connectivity index (χ0v) is 11.7. The highest BCUT2D eigenvalue weighted by Crippen LogP contribution is 2.28. The maximum absolute atomic E-state index is 12.4. The summed E-state index contributed by atoms with van der Waals surface area (Å²) in [7, 11) is 0. The summed E-state index contributed by atoms with van der Waals surface area (Å²) in [6, 6.07) is 5.94. The second-order valence-electron chi connectivity index (χ2n) is 5.30. The Balaban J connectivity index is 2.00. The van der Waals surface area contributed by atoms with Gasteiger partial charge in [-0.2, -0.15) is 5.26 Å². The Morgan fingerprint density at radius 2 is 2.14 bits per heavy atom. The first-order chi connectivity index (χ1) is 10.0. The Morgan fingerprint density at radius 3 is 2.71 bits per heavy atom. The monoisotopic (exact) mass is 289 g/mol. The molecule has 0 bridgehead atoms. The molecule has 0 heterocycles. The molecule has 0 aromatic heterocycles. The lowest BCUT2D eigenvalue weighted by molar-refractivity contribution is -0.133. The lowest BCUT2D eigenvalue weighted by atomic mass is 10.0. The molecule has 1 aliphatic carbocycles. The average Bonchev–Trinajstić information content (AvgIpc) is 3.27. The van der Waals surface area contributed by atoms with Crippen molar-refractivity contribution in [2.24, 2.45) is 5.73 Å². The SMILES string of the molecule is N#CCCN(C(=O)[C@@H](N)Cc1ccc(O)c(O)c1)C1CC1. The third kappa shape index (κ3) is 3.86. The molecular weight excluding hydrogens is 270 g/mol. The molecule has 0 saturated heterocycles. The molecule has 112 valence electrons. The van der Waals surface area contributed by atoms with Crippen LogP contribution >= 0.6 is 0 Å². The van der Waals surface area contributed by atoms with Crippen LogP contribution in [0.2, 0.25) is 0 Å². The quantitative estimate of drug-likeness (QED) is 0.673. The minimum atomic E-state index is -0.715. The van der Waals surface area contributed by atoms with Crippen molar-refractivity contribution >= 4 is 5.91 Å². The number of rotatable bonds is 6. The first-order valence-corrected chi connectivity index (χ1v) is 6.96. The highest BCUT2D eigenvalue weighted by atomic mass is 16.3. The average molecular weight is 289 g/mol. The molecule has 1 atom stereocenters. The van der Waals surface area contributed by atoms with Gasteiger partial charge in [-0.1, -0.05) is 6.07 Å². The van der Waals surface area contributed by atoms with Gasteiger partial charge < -0.3 is 20.8 Å². The number of hydrogen-bond donors (Lipinski definition) is 3. The van der Waals surface area contributed by atoms with E-state index in [1.807, 2.05) is 6.07 Å². The highest BCUT2D eigenvalue weighted by Gasteiger charge is 2.34. The van der Waals surface area contributed by atoms with Gasteiger partial charge in [0.2, 0.25) is 5.91 Å². The van der Waals surface area contributed by atoms with Crippen LogP contribution in [0.3, 0.4) is 0 Å². The van der Waals surface area contributed by atoms with Crippen molar-refractivity contribution in [3.8, 4) is 17.6 Å². The third-order valence-electron chi connectivity index (χ3n) is 3.55. The molecule has 1 amide bonds. The van der Waals surface area contributed by atoms with Gasteiger partial charge in [-0.15, -0.1) is 0 Å². The molecule has 0 spiro atoms. The van der Waals surface area contributed by atoms with Crippen molar-refractivity contribution in [2.75, 3.05) is 6.54 Å². The van der Waals surface area contributed by atoms with Crippen LogP contribution in [0, 0.1) is 11.3 Å². The normalized spacial score (nSPS) is 15.2. The molecule has 6 nitrogen and oxygen atoms in total. The molecule has 1 aromatic rings. The number of benzene rings is 1. The summed E-state index contributed by atoms with van der Waals surface area (Å²) >= 11 is 0. The van der Waals surface area contributed by atoms with Crippen molar-refractivity contribution in [1.29, 1.82) is 5.26 Å². The first-order valence-electron chi connectivity index (χ1n) is 6.96. The number of nitriles is 1. The summed E-state index contributed by atoms with van der Waals surface area (Å²) in [5, 5.41) is 27.4. The Labute approximate surface area is 123 Å². The summed E-state index contributed by atoms with van der Waals surface area (Å²) in [5.41, 5.74) is 6.64. The summed E-state index contributed by atoms with van der Waals surface area (Å²) in [4.78, 5) is 14.1. The van der Waals surface area contributed by atoms with Gasteiger partial charge in [0, 0.05) is 12.6 Å². The van der Waals surface area contributed by atoms with Crippen molar-refractivity contribution in [3.05, 3.63) is 23.8 Å². The van der Waals surface area contributed by atoms with Gasteiger partial charge in [-0.3, -0.25) is 4.79 Å². The van der Waals surface area contributed by atoms with E-state index in [0.29, 0.717) is 18.5 Å². The van der Waals surface area contributed by atoms with E-state index in [1.54, 1.807) is 11.0 Å². The lowest BCUT2D eigenvalue weighted by Gasteiger charge is -2.24. The zero-order chi connectivity index (χ0) is 15.4. The first kappa shape index (κ1) is 15.1. The predicted molar refractivity (Wildman–Crippen MR) is 76.4 cm³/mol. The number of hydrogen-bond acceptors (Lipinski definition) is 5. The fourth-order valence-corrected chi connectivity index (χ4v) is 2.28. The molecule has 2 rings (SSSR count). The number of amides is 1. The van der Waals surface area contributed by atoms with Crippen LogP contribution in [-0.4, -0.2) is 39.6 Å². The van der Waals surface area contributed by atoms with E-state index in [1.165, 1.54) is 12.1 Å². The van der Waals surface area contributed by atoms with Crippen LogP contribution < -0.4 is 5.73 Å². The number of nitrogens with two attached hydrogens (primary N) is 1. The van der Waals surface area contributed by atoms with Crippen molar-refractivity contribution in [2.45, 2.75) is 37.8 Å². The third-order valence-corrected chi connectivity index (χ3v) is 3.55. The zero-order valence-electron chi connectivity index (χ0n) is 11.7. The Bertz CT molecular complexity index is 564. The second-order valence-corrected chi connectivity index (χ2v) is 5.30. The molecule has 21 heavy (non-hydrogen) atoms. The van der Waals surface area contributed by atoms with Gasteiger partial charge in [-0.25, -0.2) is 0 Å². The summed E-state index contributed by atoms with van der Waals surface area (Å²) < 4.78 is 0. The molecule has 1 aliphatic rings. The number of phenolic OH excluding ortho intramolecular Hbond substituents is 2. The van der Waals surface area contributed by atoms with E-state index in [4.69, 9.17) is 11.0 Å². The summed E-state index contributed by atoms with van der Waals surface area (Å²) in [5.74, 6) is -0.594. The Hall–Kier alpha value is -2.26. The number of nitrogens with zero attached hydrogens (tertiary/aromatic N) is 2. The molecule has 0 aliphatic heterocycles. The summed E-state index contributed by atoms with van der Waals surface area (Å²) in [6.07, 6.45) is 2.51. The van der Waals surface area contributed by atoms with Gasteiger partial charge in [0.1, 0.15) is 0 Å². The fourth-order valence-electron chi connectivity index (χ4n) is 2.28. The Kier molecular flexibility index (Phi) is 4.66. The molecule has 0 unspecified atom stereocenters. The van der Waals surface area contributed by atoms with E-state index < -0.39 is 6.04 Å². The van der Waals surface area contributed by atoms with Gasteiger partial charge in [0.25, 0.3) is 0 Å². The fraction of sp³-hybridized carbons (Fsp3) is 0.467. The van der Waals surface area contributed by atoms with Gasteiger partial charge in [0.15, 0.2) is 11.5 Å². The number of phenols is 2. The maximum atomic E-state index is 12.4. The lowest BCUT2D eigenvalue weighted by Crippen LogP contribution is -2.46. The molecule has 1 aromatic carbocycles. The second kappa shape index (κ2) is 6.46. The van der Waals surface area contributed by atoms with E-state index in [-0.39, 0.29) is 29.9 Å². The number of carbonyl (C=O) groups is 1. The smallest absolute Gasteiger partial charge is 0.240 e. The van der Waals surface area contributed by atoms with Crippen molar-refractivity contribution in [1.82, 2.24) is 4.90 Å². The van der Waals surface area contributed by atoms with Gasteiger partial charge in [0.05, 0.1) is 18.5 Å². The van der Waals surface area contributed by atoms with Crippen LogP contribution in [0.1, 0.15) is 24.8 Å². The van der Waals surface area contributed by atoms with Gasteiger partial charge in [-0.05, 0) is 37.0 Å². The van der Waals surface area contributed by atoms with Crippen LogP contribution in [-0.2, 0) is 11.2 Å². The van der Waals surface area contributed by atoms with E-state index in [9.17, 15) is 15.0 Å². The van der Waals surface area contributed by atoms with E-state index >= 15 is 0 Å². The number of carbonyl (C=O) groups excluding carboxylic acids is 1. The largest absolute Gasteiger partial charge is 0.504 e. The molecule has 4 N–H and O–H groups in total. The van der Waals surface area contributed by atoms with E-state index in [0.717, 1.165) is 12.8 Å². The minimum Gasteiger partial charge on any atom is -0.504 e. The Morgan fingerprint density at radius 1 is 1.43 bits per heavy atom. The standard InChI is InChI=1S/C15H19N3O3/c16-6-1-7-18(11-3-4-11)15(21)12(17)8-10-2-5-13(19)14(20)9-10/h2,5,9,11-12,19-20H,1,3-4,7-8,17H2/t12-/m0/s1. The van der Waals surface area contributed by atoms with Crippen LogP contribution in [0.25, 0.3) is 0 Å². The summed E-state index contributed by atoms with van der Waals surface area (Å²) in [6.45, 7) is 0.411. The minimum absolute atomic E-state index is 0.166. The predicted octanol–water partition coefficient (Wildman–Crippen LogP) is 0.872. The highest BCUT2D eigenvalue weighted by molar-refractivity contribution is 5.82. The molecule has 6 heteroatoms. The maximum Gasteiger partial charge on any atom is 0.240 e. The van der Waals surface area contributed by atoms with Crippen molar-refractivity contribution < 1.29 is 15.0 Å². The van der Waals surface area contributed by atoms with Crippen LogP contribution in [0.4, 0.5) is 0 Å². The molecule has 1 fully saturated rings. The van der Waals surface area contributed by atoms with Gasteiger partial charge >= 0.3 is 0 Å². The van der Waals surface area contributed by atoms with Crippen LogP contribution in [0.15, 0.2) is 18.2 Å². The number of aromatic hydroxyl groups is 2.